The summed E-state index contributed by atoms with van der Waals surface area (Å²) >= 11 is 0. The van der Waals surface area contributed by atoms with E-state index in [1.165, 1.54) is 411 Å². The van der Waals surface area contributed by atoms with Crippen molar-refractivity contribution in [3.63, 3.8) is 0 Å². The summed E-state index contributed by atoms with van der Waals surface area (Å²) in [5, 5.41) is 23.3. The van der Waals surface area contributed by atoms with E-state index in [1.807, 2.05) is 0 Å². The Bertz CT molecular complexity index is 1350. The van der Waals surface area contributed by atoms with Crippen LogP contribution < -0.4 is 5.32 Å². The molecule has 0 saturated carbocycles. The van der Waals surface area contributed by atoms with E-state index in [1.54, 1.807) is 0 Å². The number of nitrogens with one attached hydrogen (secondary N) is 1. The third-order valence-corrected chi connectivity index (χ3v) is 19.8. The zero-order valence-electron chi connectivity index (χ0n) is 61.0. The number of carbonyl (C=O) groups excluding carboxylic acids is 2. The zero-order valence-corrected chi connectivity index (χ0v) is 61.0. The molecular formula is C83H163NO5. The minimum absolute atomic E-state index is 0.0249. The first-order valence-electron chi connectivity index (χ1n) is 41.4. The maximum Gasteiger partial charge on any atom is 0.305 e. The molecule has 0 aliphatic carbocycles. The predicted octanol–water partition coefficient (Wildman–Crippen LogP) is 27.4. The highest BCUT2D eigenvalue weighted by Crippen LogP contribution is 2.21. The first kappa shape index (κ1) is 87.6. The van der Waals surface area contributed by atoms with Crippen LogP contribution in [-0.4, -0.2) is 47.4 Å². The SMILES string of the molecule is CCCCCCCC/C=C\CCCCCCCCCCCC(=O)OCCCCCCCCCCCCCCCCCCCCCCCCCCCCCCCCCCCCCCCCCC(=O)NC(CO)C(O)CCCCCCCCCCCCCCCC. The van der Waals surface area contributed by atoms with Crippen LogP contribution in [0.15, 0.2) is 12.2 Å². The summed E-state index contributed by atoms with van der Waals surface area (Å²) in [6.45, 7) is 5.00. The van der Waals surface area contributed by atoms with Gasteiger partial charge in [0.15, 0.2) is 0 Å². The van der Waals surface area contributed by atoms with Gasteiger partial charge in [0.2, 0.25) is 5.91 Å². The van der Waals surface area contributed by atoms with Crippen molar-refractivity contribution in [3.05, 3.63) is 12.2 Å². The maximum absolute atomic E-state index is 12.5. The van der Waals surface area contributed by atoms with Gasteiger partial charge in [-0.15, -0.1) is 0 Å². The van der Waals surface area contributed by atoms with E-state index in [0.29, 0.717) is 25.9 Å². The van der Waals surface area contributed by atoms with E-state index in [2.05, 4.69) is 31.3 Å². The molecule has 530 valence electrons. The van der Waals surface area contributed by atoms with Crippen molar-refractivity contribution in [2.24, 2.45) is 0 Å². The van der Waals surface area contributed by atoms with E-state index in [-0.39, 0.29) is 18.5 Å². The molecular weight excluding hydrogens is 1090 g/mol. The van der Waals surface area contributed by atoms with Gasteiger partial charge in [-0.1, -0.05) is 431 Å². The molecule has 0 rings (SSSR count). The second-order valence-corrected chi connectivity index (χ2v) is 28.8. The fraction of sp³-hybridized carbons (Fsp3) is 0.952. The Kier molecular flexibility index (Phi) is 77.8. The topological polar surface area (TPSA) is 95.9 Å². The van der Waals surface area contributed by atoms with Crippen LogP contribution in [0, 0.1) is 0 Å². The Labute approximate surface area is 559 Å². The van der Waals surface area contributed by atoms with Crippen molar-refractivity contribution >= 4 is 11.9 Å². The number of esters is 1. The molecule has 0 aliphatic rings. The number of ether oxygens (including phenoxy) is 1. The molecule has 1 amide bonds. The van der Waals surface area contributed by atoms with Crippen molar-refractivity contribution < 1.29 is 24.5 Å². The standard InChI is InChI=1S/C83H163NO5/c1-3-5-7-9-11-13-15-17-19-20-42-46-49-53-57-61-65-69-73-77-83(88)89-78-74-70-66-62-58-54-50-47-44-41-39-37-35-33-31-29-27-25-23-21-22-24-26-28-30-32-34-36-38-40-43-45-48-52-56-60-64-68-72-76-82(87)84-80(79-85)81(86)75-71-67-63-59-55-51-18-16-14-12-10-8-6-4-2/h17,19,80-81,85-86H,3-16,18,20-79H2,1-2H3,(H,84,87)/b19-17-. The van der Waals surface area contributed by atoms with Crippen LogP contribution in [0.25, 0.3) is 0 Å². The molecule has 6 heteroatoms. The summed E-state index contributed by atoms with van der Waals surface area (Å²) in [5.74, 6) is -0.000293. The molecule has 0 heterocycles. The number of carbonyl (C=O) groups is 2. The van der Waals surface area contributed by atoms with Gasteiger partial charge in [-0.25, -0.2) is 0 Å². The van der Waals surface area contributed by atoms with Crippen LogP contribution in [0.1, 0.15) is 483 Å². The van der Waals surface area contributed by atoms with Crippen molar-refractivity contribution in [3.8, 4) is 0 Å². The number of rotatable bonds is 79. The van der Waals surface area contributed by atoms with Crippen molar-refractivity contribution in [1.82, 2.24) is 5.32 Å². The molecule has 2 atom stereocenters. The Morgan fingerprint density at radius 2 is 0.528 bits per heavy atom. The van der Waals surface area contributed by atoms with Crippen LogP contribution >= 0.6 is 0 Å². The lowest BCUT2D eigenvalue weighted by atomic mass is 10.0. The van der Waals surface area contributed by atoms with E-state index < -0.39 is 12.1 Å². The maximum atomic E-state index is 12.5. The lowest BCUT2D eigenvalue weighted by Crippen LogP contribution is -2.45. The minimum Gasteiger partial charge on any atom is -0.466 e. The van der Waals surface area contributed by atoms with Crippen LogP contribution in [0.5, 0.6) is 0 Å². The van der Waals surface area contributed by atoms with Crippen molar-refractivity contribution in [1.29, 1.82) is 0 Å². The average molecular weight is 1260 g/mol. The van der Waals surface area contributed by atoms with Crippen LogP contribution in [0.3, 0.4) is 0 Å². The molecule has 0 aliphatic heterocycles. The molecule has 0 aromatic heterocycles. The fourth-order valence-electron chi connectivity index (χ4n) is 13.5. The van der Waals surface area contributed by atoms with E-state index >= 15 is 0 Å². The molecule has 0 aromatic rings. The molecule has 89 heavy (non-hydrogen) atoms. The van der Waals surface area contributed by atoms with Crippen molar-refractivity contribution in [2.75, 3.05) is 13.2 Å². The molecule has 3 N–H and O–H groups in total. The number of hydrogen-bond donors (Lipinski definition) is 3. The Balaban J connectivity index is 3.27. The summed E-state index contributed by atoms with van der Waals surface area (Å²) in [6, 6.07) is -0.535. The quantitative estimate of drug-likeness (QED) is 0.0320. The third kappa shape index (κ3) is 75.5. The molecule has 0 aromatic carbocycles. The largest absolute Gasteiger partial charge is 0.466 e. The first-order valence-corrected chi connectivity index (χ1v) is 41.4. The highest BCUT2D eigenvalue weighted by Gasteiger charge is 2.20. The van der Waals surface area contributed by atoms with E-state index in [0.717, 1.165) is 38.5 Å². The molecule has 6 nitrogen and oxygen atoms in total. The summed E-state index contributed by atoms with van der Waals surface area (Å²) < 4.78 is 5.52. The average Bonchev–Trinajstić information content (AvgIpc) is 3.68. The molecule has 0 spiro atoms. The highest BCUT2D eigenvalue weighted by atomic mass is 16.5. The Morgan fingerprint density at radius 3 is 0.798 bits per heavy atom. The molecule has 0 saturated heterocycles. The van der Waals surface area contributed by atoms with E-state index in [9.17, 15) is 19.8 Å². The van der Waals surface area contributed by atoms with Crippen molar-refractivity contribution in [2.45, 2.75) is 495 Å². The van der Waals surface area contributed by atoms with Gasteiger partial charge in [0.05, 0.1) is 25.4 Å². The van der Waals surface area contributed by atoms with Gasteiger partial charge in [0.1, 0.15) is 0 Å². The van der Waals surface area contributed by atoms with Gasteiger partial charge < -0.3 is 20.3 Å². The first-order chi connectivity index (χ1) is 44.0. The van der Waals surface area contributed by atoms with Crippen LogP contribution in [0.4, 0.5) is 0 Å². The monoisotopic (exact) mass is 1250 g/mol. The van der Waals surface area contributed by atoms with Crippen LogP contribution in [0.2, 0.25) is 0 Å². The van der Waals surface area contributed by atoms with Gasteiger partial charge in [0.25, 0.3) is 0 Å². The highest BCUT2D eigenvalue weighted by molar-refractivity contribution is 5.76. The second-order valence-electron chi connectivity index (χ2n) is 28.8. The minimum atomic E-state index is -0.659. The normalized spacial score (nSPS) is 12.4. The summed E-state index contributed by atoms with van der Waals surface area (Å²) in [7, 11) is 0. The van der Waals surface area contributed by atoms with Gasteiger partial charge in [0, 0.05) is 12.8 Å². The molecule has 0 radical (unpaired) electrons. The Morgan fingerprint density at radius 1 is 0.303 bits per heavy atom. The van der Waals surface area contributed by atoms with E-state index in [4.69, 9.17) is 4.74 Å². The lowest BCUT2D eigenvalue weighted by molar-refractivity contribution is -0.143. The second kappa shape index (κ2) is 79.0. The number of aliphatic hydroxyl groups excluding tert-OH is 2. The number of aliphatic hydroxyl groups is 2. The van der Waals surface area contributed by atoms with Crippen LogP contribution in [-0.2, 0) is 14.3 Å². The van der Waals surface area contributed by atoms with Gasteiger partial charge in [-0.05, 0) is 51.4 Å². The predicted molar refractivity (Wildman–Crippen MR) is 394 cm³/mol. The molecule has 0 fully saturated rings. The fourth-order valence-corrected chi connectivity index (χ4v) is 13.5. The summed E-state index contributed by atoms with van der Waals surface area (Å²) in [5.41, 5.74) is 0. The summed E-state index contributed by atoms with van der Waals surface area (Å²) in [4.78, 5) is 24.7. The summed E-state index contributed by atoms with van der Waals surface area (Å²) in [6.07, 6.45) is 101. The number of amides is 1. The number of allylic oxidation sites excluding steroid dienone is 2. The van der Waals surface area contributed by atoms with Gasteiger partial charge in [-0.3, -0.25) is 9.59 Å². The third-order valence-electron chi connectivity index (χ3n) is 19.8. The molecule has 0 bridgehead atoms. The zero-order chi connectivity index (χ0) is 64.2. The van der Waals surface area contributed by atoms with Gasteiger partial charge >= 0.3 is 5.97 Å². The Hall–Kier alpha value is -1.40. The smallest absolute Gasteiger partial charge is 0.305 e. The molecule has 2 unspecified atom stereocenters. The lowest BCUT2D eigenvalue weighted by Gasteiger charge is -2.22. The number of hydrogen-bond acceptors (Lipinski definition) is 5. The number of unbranched alkanes of at least 4 members (excludes halogenated alkanes) is 66. The van der Waals surface area contributed by atoms with Gasteiger partial charge in [-0.2, -0.15) is 0 Å².